The molecule has 6 heterocycles. The maximum atomic E-state index is 15.2. The lowest BCUT2D eigenvalue weighted by Gasteiger charge is -2.39. The van der Waals surface area contributed by atoms with Gasteiger partial charge in [-0.25, -0.2) is 9.37 Å². The number of imide groups is 1. The Bertz CT molecular complexity index is 2500. The number of hydrogen-bond donors (Lipinski definition) is 4. The molecule has 2 aromatic heterocycles. The molecule has 4 aromatic rings. The number of aryl methyl sites for hydroxylation is 1. The molecule has 1 saturated carbocycles. The van der Waals surface area contributed by atoms with Gasteiger partial charge in [0.2, 0.25) is 23.7 Å². The van der Waals surface area contributed by atoms with E-state index in [-0.39, 0.29) is 42.0 Å². The van der Waals surface area contributed by atoms with Crippen molar-refractivity contribution < 1.29 is 28.3 Å². The number of carbonyl (C=O) groups excluding carboxylic acids is 4. The maximum absolute atomic E-state index is 15.2. The lowest BCUT2D eigenvalue weighted by atomic mass is 9.88. The lowest BCUT2D eigenvalue weighted by molar-refractivity contribution is -0.134. The Hall–Kier alpha value is -6.37. The van der Waals surface area contributed by atoms with Crippen molar-refractivity contribution in [1.82, 2.24) is 45.2 Å². The van der Waals surface area contributed by atoms with Crippen LogP contribution >= 0.6 is 0 Å². The van der Waals surface area contributed by atoms with Crippen LogP contribution < -0.4 is 35.8 Å². The van der Waals surface area contributed by atoms with E-state index < -0.39 is 11.9 Å². The van der Waals surface area contributed by atoms with Crippen molar-refractivity contribution in [2.24, 2.45) is 5.92 Å². The molecule has 18 nitrogen and oxygen atoms in total. The molecule has 19 heteroatoms. The third kappa shape index (κ3) is 10.9. The number of halogens is 1. The molecule has 4 N–H and O–H groups in total. The summed E-state index contributed by atoms with van der Waals surface area (Å²) in [6.45, 7) is 10.1. The van der Waals surface area contributed by atoms with E-state index in [1.165, 1.54) is 38.2 Å². The molecule has 69 heavy (non-hydrogen) atoms. The minimum atomic E-state index is -0.567. The van der Waals surface area contributed by atoms with E-state index in [0.717, 1.165) is 68.6 Å². The summed E-state index contributed by atoms with van der Waals surface area (Å²) >= 11 is 0. The van der Waals surface area contributed by atoms with Crippen LogP contribution in [-0.4, -0.2) is 130 Å². The second kappa shape index (κ2) is 21.5. The number of amides is 4. The first kappa shape index (κ1) is 47.7. The Morgan fingerprint density at radius 1 is 0.913 bits per heavy atom. The Morgan fingerprint density at radius 2 is 1.71 bits per heavy atom. The summed E-state index contributed by atoms with van der Waals surface area (Å²) in [6.07, 6.45) is 13.1. The zero-order valence-electron chi connectivity index (χ0n) is 40.1. The summed E-state index contributed by atoms with van der Waals surface area (Å²) in [5.74, 6) is 3.03. The van der Waals surface area contributed by atoms with Gasteiger partial charge in [0, 0.05) is 75.9 Å². The monoisotopic (exact) mass is 948 g/mol. The number of ether oxygens (including phenoxy) is 1. The first-order chi connectivity index (χ1) is 33.5. The fourth-order valence-electron chi connectivity index (χ4n) is 10.7. The molecule has 368 valence electrons. The van der Waals surface area contributed by atoms with Crippen LogP contribution in [0.2, 0.25) is 0 Å². The van der Waals surface area contributed by atoms with Gasteiger partial charge in [0.25, 0.3) is 5.91 Å². The number of hydrogen-bond acceptors (Lipinski definition) is 14. The highest BCUT2D eigenvalue weighted by atomic mass is 19.1. The normalized spacial score (nSPS) is 20.3. The van der Waals surface area contributed by atoms with Crippen LogP contribution in [0.4, 0.5) is 33.2 Å². The van der Waals surface area contributed by atoms with Gasteiger partial charge in [-0.2, -0.15) is 4.98 Å². The van der Waals surface area contributed by atoms with Gasteiger partial charge in [0.1, 0.15) is 29.1 Å². The van der Waals surface area contributed by atoms with Crippen LogP contribution in [-0.2, 0) is 14.4 Å². The molecular formula is C50H66FN13O5. The van der Waals surface area contributed by atoms with Crippen molar-refractivity contribution >= 4 is 52.5 Å². The molecule has 2 aromatic carbocycles. The number of likely N-dealkylation sites (tertiary alicyclic amines) is 1. The summed E-state index contributed by atoms with van der Waals surface area (Å²) in [6, 6.07) is 9.68. The van der Waals surface area contributed by atoms with Crippen LogP contribution in [0.1, 0.15) is 118 Å². The summed E-state index contributed by atoms with van der Waals surface area (Å²) in [4.78, 5) is 68.8. The second-order valence-corrected chi connectivity index (χ2v) is 19.2. The Morgan fingerprint density at radius 3 is 2.45 bits per heavy atom. The molecule has 4 fully saturated rings. The van der Waals surface area contributed by atoms with Gasteiger partial charge < -0.3 is 35.4 Å². The van der Waals surface area contributed by atoms with Crippen molar-refractivity contribution in [3.05, 3.63) is 65.6 Å². The zero-order valence-corrected chi connectivity index (χ0v) is 40.1. The minimum absolute atomic E-state index is 0.0489. The standard InChI is InChI=1S/C50H66FN13O5/c1-4-40-47-59-58-32(2)64(47)42-30-52-50(57-46(42)63(40)31-33-10-6-5-7-11-33)55-38-15-13-34(28-43(38)69-3)48(67)54-35-19-22-62(23-20-35)45(66)12-8-9-21-60-24-26-61(27-25-60)41-17-14-36(29-37(41)51)53-39-16-18-44(65)56-49(39)68/h13-15,17,28-30,33,35,39-40,53H,4-12,16,18-27,31H2,1-3H3,(H,54,67)(H,52,55,57)(H,56,65,68)/t39?,40-/m1/s1. The quantitative estimate of drug-likeness (QED) is 0.0750. The SMILES string of the molecule is CC[C@@H]1c2nnc(C)n2-c2cnc(Nc3ccc(C(=O)NC4CCN(C(=O)CCCCN5CCN(c6ccc(NC7CCC(=O)NC7=O)cc6F)CC5)CC4)cc3OC)nc2N1CC1CCCCC1. The van der Waals surface area contributed by atoms with E-state index in [1.54, 1.807) is 31.4 Å². The first-order valence-corrected chi connectivity index (χ1v) is 25.0. The molecule has 1 unspecified atom stereocenters. The smallest absolute Gasteiger partial charge is 0.251 e. The van der Waals surface area contributed by atoms with Gasteiger partial charge in [0.15, 0.2) is 11.6 Å². The van der Waals surface area contributed by atoms with Crippen LogP contribution in [0.15, 0.2) is 42.6 Å². The summed E-state index contributed by atoms with van der Waals surface area (Å²) in [5.41, 5.74) is 3.03. The molecular weight excluding hydrogens is 882 g/mol. The molecule has 0 bridgehead atoms. The third-order valence-corrected chi connectivity index (χ3v) is 14.6. The van der Waals surface area contributed by atoms with E-state index >= 15 is 4.39 Å². The van der Waals surface area contributed by atoms with Gasteiger partial charge in [-0.15, -0.1) is 10.2 Å². The number of carbonyl (C=O) groups is 4. The molecule has 1 aliphatic carbocycles. The highest BCUT2D eigenvalue weighted by molar-refractivity contribution is 6.01. The van der Waals surface area contributed by atoms with Crippen LogP contribution in [0.25, 0.3) is 5.69 Å². The second-order valence-electron chi connectivity index (χ2n) is 19.2. The number of rotatable bonds is 16. The number of fused-ring (bicyclic) bond motifs is 3. The summed E-state index contributed by atoms with van der Waals surface area (Å²) < 4.78 is 23.0. The van der Waals surface area contributed by atoms with E-state index in [0.29, 0.717) is 92.1 Å². The van der Waals surface area contributed by atoms with Crippen LogP contribution in [0.3, 0.4) is 0 Å². The number of anilines is 5. The molecule has 9 rings (SSSR count). The van der Waals surface area contributed by atoms with Crippen LogP contribution in [0, 0.1) is 18.7 Å². The average Bonchev–Trinajstić information content (AvgIpc) is 3.75. The van der Waals surface area contributed by atoms with Crippen molar-refractivity contribution in [3.63, 3.8) is 0 Å². The molecule has 4 amide bonds. The highest BCUT2D eigenvalue weighted by Gasteiger charge is 2.37. The van der Waals surface area contributed by atoms with Crippen molar-refractivity contribution in [2.75, 3.05) is 79.9 Å². The predicted molar refractivity (Wildman–Crippen MR) is 261 cm³/mol. The van der Waals surface area contributed by atoms with Gasteiger partial charge in [-0.3, -0.25) is 34.0 Å². The molecule has 0 spiro atoms. The summed E-state index contributed by atoms with van der Waals surface area (Å²) in [7, 11) is 1.58. The van der Waals surface area contributed by atoms with Gasteiger partial charge in [0.05, 0.1) is 30.7 Å². The number of piperazine rings is 1. The number of aromatic nitrogens is 5. The maximum Gasteiger partial charge on any atom is 0.251 e. The molecule has 4 aliphatic heterocycles. The Balaban J connectivity index is 0.708. The van der Waals surface area contributed by atoms with Gasteiger partial charge in [-0.1, -0.05) is 26.2 Å². The predicted octanol–water partition coefficient (Wildman–Crippen LogP) is 6.04. The molecule has 2 atom stereocenters. The number of piperidine rings is 2. The Labute approximate surface area is 403 Å². The minimum Gasteiger partial charge on any atom is -0.495 e. The first-order valence-electron chi connectivity index (χ1n) is 25.0. The van der Waals surface area contributed by atoms with E-state index in [9.17, 15) is 19.2 Å². The number of methoxy groups -OCH3 is 1. The van der Waals surface area contributed by atoms with E-state index in [1.807, 2.05) is 29.0 Å². The largest absolute Gasteiger partial charge is 0.495 e. The van der Waals surface area contributed by atoms with E-state index in [2.05, 4.69) is 52.8 Å². The molecule has 5 aliphatic rings. The van der Waals surface area contributed by atoms with Crippen molar-refractivity contribution in [3.8, 4) is 11.4 Å². The Kier molecular flexibility index (Phi) is 14.9. The fourth-order valence-corrected chi connectivity index (χ4v) is 10.7. The van der Waals surface area contributed by atoms with Gasteiger partial charge in [-0.05, 0) is 107 Å². The van der Waals surface area contributed by atoms with Crippen molar-refractivity contribution in [1.29, 1.82) is 0 Å². The topological polar surface area (TPSA) is 195 Å². The number of nitrogens with one attached hydrogen (secondary N) is 4. The summed E-state index contributed by atoms with van der Waals surface area (Å²) in [5, 5.41) is 20.9. The van der Waals surface area contributed by atoms with Crippen molar-refractivity contribution in [2.45, 2.75) is 115 Å². The van der Waals surface area contributed by atoms with Crippen LogP contribution in [0.5, 0.6) is 5.75 Å². The zero-order chi connectivity index (χ0) is 48.0. The third-order valence-electron chi connectivity index (χ3n) is 14.6. The van der Waals surface area contributed by atoms with Gasteiger partial charge >= 0.3 is 0 Å². The number of benzene rings is 2. The molecule has 0 radical (unpaired) electrons. The highest BCUT2D eigenvalue weighted by Crippen LogP contribution is 2.41. The lowest BCUT2D eigenvalue weighted by Crippen LogP contribution is -2.47. The number of nitrogens with zero attached hydrogens (tertiary/aromatic N) is 9. The fraction of sp³-hybridized carbons (Fsp3) is 0.560. The average molecular weight is 948 g/mol. The molecule has 3 saturated heterocycles. The number of unbranched alkanes of at least 4 members (excludes halogenated alkanes) is 1. The van der Waals surface area contributed by atoms with E-state index in [4.69, 9.17) is 14.7 Å².